The van der Waals surface area contributed by atoms with Gasteiger partial charge in [0.1, 0.15) is 0 Å². The summed E-state index contributed by atoms with van der Waals surface area (Å²) in [4.78, 5) is 0.296. The van der Waals surface area contributed by atoms with E-state index in [1.807, 2.05) is 6.92 Å². The van der Waals surface area contributed by atoms with Crippen LogP contribution in [0.3, 0.4) is 0 Å². The molecule has 0 bridgehead atoms. The molecule has 0 spiro atoms. The third kappa shape index (κ3) is 2.91. The van der Waals surface area contributed by atoms with Crippen molar-refractivity contribution in [1.82, 2.24) is 4.31 Å². The van der Waals surface area contributed by atoms with Crippen molar-refractivity contribution in [3.63, 3.8) is 0 Å². The summed E-state index contributed by atoms with van der Waals surface area (Å²) in [5, 5.41) is 0. The van der Waals surface area contributed by atoms with Gasteiger partial charge in [-0.25, -0.2) is 8.42 Å². The topological polar surface area (TPSA) is 72.6 Å². The minimum absolute atomic E-state index is 0.0232. The van der Waals surface area contributed by atoms with E-state index in [0.717, 1.165) is 6.42 Å². The molecule has 1 fully saturated rings. The molecule has 1 aliphatic rings. The Morgan fingerprint density at radius 2 is 2.21 bits per heavy atom. The highest BCUT2D eigenvalue weighted by Crippen LogP contribution is 2.24. The van der Waals surface area contributed by atoms with E-state index in [-0.39, 0.29) is 6.10 Å². The van der Waals surface area contributed by atoms with Crippen LogP contribution in [0, 0.1) is 6.92 Å². The molecular weight excluding hydrogens is 264 g/mol. The van der Waals surface area contributed by atoms with Gasteiger partial charge in [-0.15, -0.1) is 0 Å². The first kappa shape index (κ1) is 14.3. The summed E-state index contributed by atoms with van der Waals surface area (Å²) in [6.45, 7) is 5.02. The molecule has 1 saturated heterocycles. The van der Waals surface area contributed by atoms with E-state index in [2.05, 4.69) is 0 Å². The Morgan fingerprint density at radius 3 is 2.89 bits per heavy atom. The van der Waals surface area contributed by atoms with Crippen LogP contribution >= 0.6 is 0 Å². The highest BCUT2D eigenvalue weighted by molar-refractivity contribution is 7.89. The van der Waals surface area contributed by atoms with Crippen molar-refractivity contribution in [3.8, 4) is 0 Å². The summed E-state index contributed by atoms with van der Waals surface area (Å²) in [5.74, 6) is 0. The van der Waals surface area contributed by atoms with Crippen molar-refractivity contribution in [1.29, 1.82) is 0 Å². The Labute approximate surface area is 114 Å². The van der Waals surface area contributed by atoms with Crippen LogP contribution in [0.5, 0.6) is 0 Å². The number of sulfonamides is 1. The zero-order valence-corrected chi connectivity index (χ0v) is 12.1. The van der Waals surface area contributed by atoms with Crippen LogP contribution in [0.25, 0.3) is 0 Å². The van der Waals surface area contributed by atoms with E-state index in [4.69, 9.17) is 10.5 Å². The summed E-state index contributed by atoms with van der Waals surface area (Å²) in [7, 11) is -3.48. The predicted octanol–water partition coefficient (Wildman–Crippen LogP) is 1.38. The number of hydrogen-bond acceptors (Lipinski definition) is 4. The second-order valence-electron chi connectivity index (χ2n) is 4.79. The lowest BCUT2D eigenvalue weighted by Crippen LogP contribution is -2.45. The van der Waals surface area contributed by atoms with E-state index in [9.17, 15) is 8.42 Å². The number of hydrogen-bond donors (Lipinski definition) is 1. The molecule has 5 nitrogen and oxygen atoms in total. The first-order valence-corrected chi connectivity index (χ1v) is 7.87. The van der Waals surface area contributed by atoms with Gasteiger partial charge in [0, 0.05) is 18.8 Å². The summed E-state index contributed by atoms with van der Waals surface area (Å²) < 4.78 is 32.3. The molecule has 0 amide bonds. The molecule has 1 aromatic rings. The third-order valence-electron chi connectivity index (χ3n) is 3.39. The monoisotopic (exact) mass is 284 g/mol. The Kier molecular flexibility index (Phi) is 4.13. The number of nitrogen functional groups attached to an aromatic ring is 1. The fourth-order valence-corrected chi connectivity index (χ4v) is 3.91. The lowest BCUT2D eigenvalue weighted by Gasteiger charge is -2.32. The Balaban J connectivity index is 2.34. The first-order valence-electron chi connectivity index (χ1n) is 6.43. The molecule has 1 aromatic carbocycles. The van der Waals surface area contributed by atoms with E-state index in [1.165, 1.54) is 10.4 Å². The Bertz CT molecular complexity index is 557. The van der Waals surface area contributed by atoms with Gasteiger partial charge in [-0.05, 0) is 31.0 Å². The normalized spacial score (nSPS) is 21.5. The van der Waals surface area contributed by atoms with Crippen molar-refractivity contribution in [2.24, 2.45) is 0 Å². The van der Waals surface area contributed by atoms with Crippen molar-refractivity contribution in [2.45, 2.75) is 31.3 Å². The number of nitrogens with zero attached hydrogens (tertiary/aromatic N) is 1. The number of nitrogens with two attached hydrogens (primary N) is 1. The van der Waals surface area contributed by atoms with E-state index in [0.29, 0.717) is 35.8 Å². The second-order valence-corrected chi connectivity index (χ2v) is 6.70. The molecule has 0 aliphatic carbocycles. The van der Waals surface area contributed by atoms with Gasteiger partial charge >= 0.3 is 0 Å². The largest absolute Gasteiger partial charge is 0.399 e. The molecule has 1 heterocycles. The lowest BCUT2D eigenvalue weighted by atomic mass is 10.2. The standard InChI is InChI=1S/C13H20N2O3S/c1-3-12-9-15(6-7-18-12)19(16,17)13-8-11(14)5-4-10(13)2/h4-5,8,12H,3,6-7,9,14H2,1-2H3. The fraction of sp³-hybridized carbons (Fsp3) is 0.538. The smallest absolute Gasteiger partial charge is 0.243 e. The van der Waals surface area contributed by atoms with Crippen LogP contribution < -0.4 is 5.73 Å². The molecule has 2 rings (SSSR count). The maximum absolute atomic E-state index is 12.6. The number of benzene rings is 1. The molecular formula is C13H20N2O3S. The summed E-state index contributed by atoms with van der Waals surface area (Å²) in [6, 6.07) is 4.98. The maximum Gasteiger partial charge on any atom is 0.243 e. The number of rotatable bonds is 3. The molecule has 6 heteroatoms. The Hall–Kier alpha value is -1.11. The van der Waals surface area contributed by atoms with Gasteiger partial charge in [-0.2, -0.15) is 4.31 Å². The Morgan fingerprint density at radius 1 is 1.47 bits per heavy atom. The molecule has 2 N–H and O–H groups in total. The van der Waals surface area contributed by atoms with E-state index >= 15 is 0 Å². The van der Waals surface area contributed by atoms with Gasteiger partial charge < -0.3 is 10.5 Å². The minimum atomic E-state index is -3.48. The molecule has 1 unspecified atom stereocenters. The van der Waals surface area contributed by atoms with Gasteiger partial charge in [-0.1, -0.05) is 13.0 Å². The van der Waals surface area contributed by atoms with Crippen molar-refractivity contribution in [2.75, 3.05) is 25.4 Å². The van der Waals surface area contributed by atoms with Crippen LogP contribution in [-0.4, -0.2) is 38.5 Å². The van der Waals surface area contributed by atoms with Crippen molar-refractivity contribution < 1.29 is 13.2 Å². The van der Waals surface area contributed by atoms with Crippen LogP contribution in [0.1, 0.15) is 18.9 Å². The van der Waals surface area contributed by atoms with Crippen molar-refractivity contribution in [3.05, 3.63) is 23.8 Å². The van der Waals surface area contributed by atoms with E-state index < -0.39 is 10.0 Å². The number of ether oxygens (including phenoxy) is 1. The number of aryl methyl sites for hydroxylation is 1. The van der Waals surface area contributed by atoms with Gasteiger partial charge in [0.2, 0.25) is 10.0 Å². The molecule has 19 heavy (non-hydrogen) atoms. The summed E-state index contributed by atoms with van der Waals surface area (Å²) in [6.07, 6.45) is 0.784. The van der Waals surface area contributed by atoms with Gasteiger partial charge in [0.25, 0.3) is 0 Å². The zero-order chi connectivity index (χ0) is 14.0. The lowest BCUT2D eigenvalue weighted by molar-refractivity contribution is -0.00278. The average Bonchev–Trinajstić information content (AvgIpc) is 2.41. The quantitative estimate of drug-likeness (QED) is 0.851. The van der Waals surface area contributed by atoms with Crippen LogP contribution in [0.2, 0.25) is 0 Å². The minimum Gasteiger partial charge on any atom is -0.399 e. The molecule has 0 aromatic heterocycles. The van der Waals surface area contributed by atoms with Crippen LogP contribution in [0.15, 0.2) is 23.1 Å². The van der Waals surface area contributed by atoms with Crippen LogP contribution in [-0.2, 0) is 14.8 Å². The average molecular weight is 284 g/mol. The number of morpholine rings is 1. The highest BCUT2D eigenvalue weighted by Gasteiger charge is 2.31. The van der Waals surface area contributed by atoms with Crippen molar-refractivity contribution >= 4 is 15.7 Å². The van der Waals surface area contributed by atoms with Gasteiger partial charge in [-0.3, -0.25) is 0 Å². The van der Waals surface area contributed by atoms with Crippen LogP contribution in [0.4, 0.5) is 5.69 Å². The predicted molar refractivity (Wildman–Crippen MR) is 74.4 cm³/mol. The third-order valence-corrected chi connectivity index (χ3v) is 5.39. The van der Waals surface area contributed by atoms with Gasteiger partial charge in [0.15, 0.2) is 0 Å². The van der Waals surface area contributed by atoms with Gasteiger partial charge in [0.05, 0.1) is 17.6 Å². The fourth-order valence-electron chi connectivity index (χ4n) is 2.19. The summed E-state index contributed by atoms with van der Waals surface area (Å²) in [5.41, 5.74) is 6.88. The zero-order valence-electron chi connectivity index (χ0n) is 11.3. The number of anilines is 1. The van der Waals surface area contributed by atoms with E-state index in [1.54, 1.807) is 19.1 Å². The maximum atomic E-state index is 12.6. The molecule has 1 atom stereocenters. The summed E-state index contributed by atoms with van der Waals surface area (Å²) >= 11 is 0. The SMILES string of the molecule is CCC1CN(S(=O)(=O)c2cc(N)ccc2C)CCO1. The second kappa shape index (κ2) is 5.48. The molecule has 0 saturated carbocycles. The first-order chi connectivity index (χ1) is 8.95. The highest BCUT2D eigenvalue weighted by atomic mass is 32.2. The molecule has 106 valence electrons. The molecule has 0 radical (unpaired) electrons. The molecule has 1 aliphatic heterocycles.